The molecule has 0 radical (unpaired) electrons. The van der Waals surface area contributed by atoms with E-state index in [4.69, 9.17) is 0 Å². The zero-order valence-corrected chi connectivity index (χ0v) is 8.15. The van der Waals surface area contributed by atoms with Gasteiger partial charge in [-0.3, -0.25) is 9.78 Å². The maximum atomic E-state index is 12.9. The van der Waals surface area contributed by atoms with Crippen LogP contribution in [0, 0.1) is 11.6 Å². The molecule has 2 aromatic rings. The van der Waals surface area contributed by atoms with Crippen LogP contribution in [0.3, 0.4) is 0 Å². The first-order chi connectivity index (χ1) is 7.70. The van der Waals surface area contributed by atoms with Crippen molar-refractivity contribution in [3.63, 3.8) is 0 Å². The summed E-state index contributed by atoms with van der Waals surface area (Å²) in [6.45, 7) is 0. The Balaban J connectivity index is 2.59. The minimum absolute atomic E-state index is 0.174. The number of halogens is 2. The van der Waals surface area contributed by atoms with Gasteiger partial charge in [0.1, 0.15) is 11.6 Å². The Labute approximate surface area is 90.6 Å². The zero-order chi connectivity index (χ0) is 11.5. The van der Waals surface area contributed by atoms with Crippen molar-refractivity contribution in [2.24, 2.45) is 0 Å². The van der Waals surface area contributed by atoms with Crippen LogP contribution >= 0.6 is 0 Å². The first kappa shape index (κ1) is 10.4. The SMILES string of the molecule is O=Cc1cc(F)ccc1-c1cncc(F)c1. The van der Waals surface area contributed by atoms with Crippen molar-refractivity contribution < 1.29 is 13.6 Å². The van der Waals surface area contributed by atoms with Gasteiger partial charge in [0.2, 0.25) is 0 Å². The van der Waals surface area contributed by atoms with Gasteiger partial charge in [0.05, 0.1) is 6.20 Å². The summed E-state index contributed by atoms with van der Waals surface area (Å²) in [5.74, 6) is -1.01. The van der Waals surface area contributed by atoms with Gasteiger partial charge in [0.15, 0.2) is 6.29 Å². The molecule has 0 aliphatic carbocycles. The van der Waals surface area contributed by atoms with Gasteiger partial charge < -0.3 is 0 Å². The molecule has 2 rings (SSSR count). The van der Waals surface area contributed by atoms with Crippen molar-refractivity contribution in [1.29, 1.82) is 0 Å². The van der Waals surface area contributed by atoms with Gasteiger partial charge in [-0.05, 0) is 23.8 Å². The molecule has 1 heterocycles. The van der Waals surface area contributed by atoms with Gasteiger partial charge in [0, 0.05) is 17.3 Å². The molecule has 0 aliphatic heterocycles. The maximum Gasteiger partial charge on any atom is 0.150 e. The van der Waals surface area contributed by atoms with E-state index in [0.29, 0.717) is 17.4 Å². The number of hydrogen-bond acceptors (Lipinski definition) is 2. The normalized spacial score (nSPS) is 10.1. The first-order valence-electron chi connectivity index (χ1n) is 4.56. The molecule has 0 saturated heterocycles. The lowest BCUT2D eigenvalue weighted by atomic mass is 10.0. The van der Waals surface area contributed by atoms with Gasteiger partial charge in [-0.25, -0.2) is 8.78 Å². The summed E-state index contributed by atoms with van der Waals surface area (Å²) in [5.41, 5.74) is 1.08. The third-order valence-corrected chi connectivity index (χ3v) is 2.16. The maximum absolute atomic E-state index is 12.9. The Kier molecular flexibility index (Phi) is 2.72. The van der Waals surface area contributed by atoms with Crippen molar-refractivity contribution in [3.8, 4) is 11.1 Å². The molecule has 2 nitrogen and oxygen atoms in total. The van der Waals surface area contributed by atoms with E-state index in [9.17, 15) is 13.6 Å². The van der Waals surface area contributed by atoms with Gasteiger partial charge in [-0.1, -0.05) is 6.07 Å². The molecule has 0 spiro atoms. The average molecular weight is 219 g/mol. The van der Waals surface area contributed by atoms with E-state index < -0.39 is 11.6 Å². The first-order valence-corrected chi connectivity index (χ1v) is 4.56. The summed E-state index contributed by atoms with van der Waals surface area (Å²) in [6, 6.07) is 4.99. The monoisotopic (exact) mass is 219 g/mol. The summed E-state index contributed by atoms with van der Waals surface area (Å²) < 4.78 is 25.8. The number of aromatic nitrogens is 1. The summed E-state index contributed by atoms with van der Waals surface area (Å²) in [5, 5.41) is 0. The summed E-state index contributed by atoms with van der Waals surface area (Å²) >= 11 is 0. The number of carbonyl (C=O) groups is 1. The molecular formula is C12H7F2NO. The topological polar surface area (TPSA) is 30.0 Å². The highest BCUT2D eigenvalue weighted by Gasteiger charge is 2.07. The standard InChI is InChI=1S/C12H7F2NO/c13-10-1-2-12(9(4-10)7-16)8-3-11(14)6-15-5-8/h1-7H. The molecular weight excluding hydrogens is 212 g/mol. The largest absolute Gasteiger partial charge is 0.298 e. The van der Waals surface area contributed by atoms with Crippen molar-refractivity contribution in [2.45, 2.75) is 0 Å². The quantitative estimate of drug-likeness (QED) is 0.727. The van der Waals surface area contributed by atoms with E-state index >= 15 is 0 Å². The summed E-state index contributed by atoms with van der Waals surface area (Å²) in [7, 11) is 0. The van der Waals surface area contributed by atoms with Crippen LogP contribution in [0.5, 0.6) is 0 Å². The molecule has 80 valence electrons. The summed E-state index contributed by atoms with van der Waals surface area (Å²) in [4.78, 5) is 14.4. The summed E-state index contributed by atoms with van der Waals surface area (Å²) in [6.07, 6.45) is 3.01. The van der Waals surface area contributed by atoms with E-state index in [1.807, 2.05) is 0 Å². The molecule has 0 atom stereocenters. The fourth-order valence-corrected chi connectivity index (χ4v) is 1.45. The molecule has 1 aromatic carbocycles. The highest BCUT2D eigenvalue weighted by Crippen LogP contribution is 2.23. The van der Waals surface area contributed by atoms with Gasteiger partial charge >= 0.3 is 0 Å². The Hall–Kier alpha value is -2.10. The predicted octanol–water partition coefficient (Wildman–Crippen LogP) is 2.84. The van der Waals surface area contributed by atoms with E-state index in [0.717, 1.165) is 12.3 Å². The molecule has 0 amide bonds. The van der Waals surface area contributed by atoms with Crippen LogP contribution < -0.4 is 0 Å². The fourth-order valence-electron chi connectivity index (χ4n) is 1.45. The molecule has 1 aromatic heterocycles. The van der Waals surface area contributed by atoms with Crippen LogP contribution in [0.25, 0.3) is 11.1 Å². The van der Waals surface area contributed by atoms with E-state index in [1.54, 1.807) is 0 Å². The van der Waals surface area contributed by atoms with Crippen LogP contribution in [-0.2, 0) is 0 Å². The fraction of sp³-hybridized carbons (Fsp3) is 0. The average Bonchev–Trinajstić information content (AvgIpc) is 2.28. The van der Waals surface area contributed by atoms with Crippen molar-refractivity contribution in [2.75, 3.05) is 0 Å². The molecule has 0 saturated carbocycles. The highest BCUT2D eigenvalue weighted by atomic mass is 19.1. The number of benzene rings is 1. The van der Waals surface area contributed by atoms with Gasteiger partial charge in [-0.15, -0.1) is 0 Å². The molecule has 0 unspecified atom stereocenters. The minimum atomic E-state index is -0.504. The van der Waals surface area contributed by atoms with Crippen molar-refractivity contribution in [1.82, 2.24) is 4.98 Å². The zero-order valence-electron chi connectivity index (χ0n) is 8.15. The lowest BCUT2D eigenvalue weighted by Crippen LogP contribution is -1.90. The number of aldehydes is 1. The Morgan fingerprint density at radius 2 is 1.88 bits per heavy atom. The van der Waals surface area contributed by atoms with Crippen LogP contribution in [0.15, 0.2) is 36.7 Å². The Morgan fingerprint density at radius 1 is 1.06 bits per heavy atom. The van der Waals surface area contributed by atoms with E-state index in [2.05, 4.69) is 4.98 Å². The van der Waals surface area contributed by atoms with Crippen LogP contribution in [0.4, 0.5) is 8.78 Å². The smallest absolute Gasteiger partial charge is 0.150 e. The lowest BCUT2D eigenvalue weighted by Gasteiger charge is -2.04. The number of nitrogens with zero attached hydrogens (tertiary/aromatic N) is 1. The van der Waals surface area contributed by atoms with E-state index in [-0.39, 0.29) is 5.56 Å². The molecule has 0 bridgehead atoms. The van der Waals surface area contributed by atoms with Crippen LogP contribution in [0.2, 0.25) is 0 Å². The number of carbonyl (C=O) groups excluding carboxylic acids is 1. The molecule has 0 aliphatic rings. The van der Waals surface area contributed by atoms with Gasteiger partial charge in [0.25, 0.3) is 0 Å². The predicted molar refractivity (Wildman–Crippen MR) is 55.0 cm³/mol. The van der Waals surface area contributed by atoms with Crippen molar-refractivity contribution in [3.05, 3.63) is 53.9 Å². The third-order valence-electron chi connectivity index (χ3n) is 2.16. The van der Waals surface area contributed by atoms with Crippen LogP contribution in [0.1, 0.15) is 10.4 Å². The Morgan fingerprint density at radius 3 is 2.56 bits per heavy atom. The number of rotatable bonds is 2. The Bertz CT molecular complexity index is 540. The molecule has 0 fully saturated rings. The number of hydrogen-bond donors (Lipinski definition) is 0. The molecule has 0 N–H and O–H groups in total. The van der Waals surface area contributed by atoms with Crippen molar-refractivity contribution >= 4 is 6.29 Å². The number of pyridine rings is 1. The third kappa shape index (κ3) is 1.95. The second-order valence-electron chi connectivity index (χ2n) is 3.24. The highest BCUT2D eigenvalue weighted by molar-refractivity contribution is 5.87. The molecule has 4 heteroatoms. The molecule has 16 heavy (non-hydrogen) atoms. The van der Waals surface area contributed by atoms with Crippen LogP contribution in [-0.4, -0.2) is 11.3 Å². The van der Waals surface area contributed by atoms with Gasteiger partial charge in [-0.2, -0.15) is 0 Å². The van der Waals surface area contributed by atoms with E-state index in [1.165, 1.54) is 24.4 Å². The second-order valence-corrected chi connectivity index (χ2v) is 3.24. The lowest BCUT2D eigenvalue weighted by molar-refractivity contribution is 0.112. The minimum Gasteiger partial charge on any atom is -0.298 e. The second kappa shape index (κ2) is 4.18.